The van der Waals surface area contributed by atoms with Crippen molar-refractivity contribution in [1.29, 1.82) is 0 Å². The van der Waals surface area contributed by atoms with Crippen LogP contribution >= 0.6 is 11.3 Å². The van der Waals surface area contributed by atoms with E-state index in [1.807, 2.05) is 61.8 Å². The van der Waals surface area contributed by atoms with Gasteiger partial charge in [-0.2, -0.15) is 0 Å². The number of benzene rings is 1. The van der Waals surface area contributed by atoms with Gasteiger partial charge in [0.15, 0.2) is 10.8 Å². The normalized spacial score (nSPS) is 11.9. The Kier molecular flexibility index (Phi) is 3.83. The molecule has 0 amide bonds. The molecule has 0 radical (unpaired) electrons. The summed E-state index contributed by atoms with van der Waals surface area (Å²) in [6, 6.07) is 14.1. The lowest BCUT2D eigenvalue weighted by atomic mass is 10.1. The van der Waals surface area contributed by atoms with Gasteiger partial charge in [0.25, 0.3) is 0 Å². The highest BCUT2D eigenvalue weighted by molar-refractivity contribution is 7.11. The third-order valence-electron chi connectivity index (χ3n) is 2.45. The monoisotopic (exact) mass is 245 g/mol. The molecule has 1 N–H and O–H groups in total. The van der Waals surface area contributed by atoms with Crippen molar-refractivity contribution in [3.63, 3.8) is 0 Å². The van der Waals surface area contributed by atoms with Crippen LogP contribution in [0, 0.1) is 0 Å². The molecule has 17 heavy (non-hydrogen) atoms. The summed E-state index contributed by atoms with van der Waals surface area (Å²) in [5, 5.41) is 6.04. The first-order valence-electron chi connectivity index (χ1n) is 5.46. The molecule has 0 saturated heterocycles. The summed E-state index contributed by atoms with van der Waals surface area (Å²) in [4.78, 5) is 0. The molecule has 0 spiro atoms. The third-order valence-corrected chi connectivity index (χ3v) is 3.19. The van der Waals surface area contributed by atoms with Crippen LogP contribution in [0.5, 0.6) is 5.06 Å². The summed E-state index contributed by atoms with van der Waals surface area (Å²) in [5.41, 5.74) is 2.09. The van der Waals surface area contributed by atoms with E-state index >= 15 is 0 Å². The maximum Gasteiger partial charge on any atom is 0.181 e. The van der Waals surface area contributed by atoms with Gasteiger partial charge in [-0.3, -0.25) is 0 Å². The molecule has 2 aromatic rings. The molecule has 0 unspecified atom stereocenters. The molecule has 88 valence electrons. The molecule has 0 atom stereocenters. The highest BCUT2D eigenvalue weighted by atomic mass is 32.1. The van der Waals surface area contributed by atoms with Gasteiger partial charge in [-0.25, -0.2) is 0 Å². The predicted octanol–water partition coefficient (Wildman–Crippen LogP) is 3.74. The fourth-order valence-corrected chi connectivity index (χ4v) is 2.06. The topological polar surface area (TPSA) is 21.3 Å². The minimum Gasteiger partial charge on any atom is -0.444 e. The standard InChI is InChI=1S/C14H15NOS/c1-11(15-2)14(12-7-4-3-5-8-12)16-13-9-6-10-17-13/h3-10,15H,1-2H3. The first-order chi connectivity index (χ1) is 8.31. The zero-order chi connectivity index (χ0) is 12.1. The summed E-state index contributed by atoms with van der Waals surface area (Å²) >= 11 is 1.59. The average Bonchev–Trinajstić information content (AvgIpc) is 2.89. The smallest absolute Gasteiger partial charge is 0.181 e. The molecule has 0 bridgehead atoms. The third kappa shape index (κ3) is 2.88. The second-order valence-electron chi connectivity index (χ2n) is 3.60. The summed E-state index contributed by atoms with van der Waals surface area (Å²) in [6.45, 7) is 2.01. The average molecular weight is 245 g/mol. The summed E-state index contributed by atoms with van der Waals surface area (Å²) < 4.78 is 5.93. The van der Waals surface area contributed by atoms with E-state index in [9.17, 15) is 0 Å². The van der Waals surface area contributed by atoms with Crippen molar-refractivity contribution in [3.05, 3.63) is 59.1 Å². The molecule has 1 aromatic carbocycles. The highest BCUT2D eigenvalue weighted by Gasteiger charge is 2.08. The van der Waals surface area contributed by atoms with E-state index in [-0.39, 0.29) is 0 Å². The van der Waals surface area contributed by atoms with Gasteiger partial charge in [-0.05, 0) is 24.4 Å². The first kappa shape index (κ1) is 11.7. The zero-order valence-electron chi connectivity index (χ0n) is 9.94. The molecular weight excluding hydrogens is 230 g/mol. The van der Waals surface area contributed by atoms with Crippen LogP contribution in [0.3, 0.4) is 0 Å². The largest absolute Gasteiger partial charge is 0.444 e. The molecule has 2 nitrogen and oxygen atoms in total. The molecule has 1 heterocycles. The van der Waals surface area contributed by atoms with Crippen molar-refractivity contribution in [2.75, 3.05) is 7.05 Å². The van der Waals surface area contributed by atoms with Crippen LogP contribution in [-0.2, 0) is 0 Å². The fourth-order valence-electron chi connectivity index (χ4n) is 1.48. The van der Waals surface area contributed by atoms with Gasteiger partial charge < -0.3 is 10.1 Å². The SMILES string of the molecule is CNC(C)=C(Oc1cccs1)c1ccccc1. The van der Waals surface area contributed by atoms with Crippen LogP contribution in [0.4, 0.5) is 0 Å². The van der Waals surface area contributed by atoms with Gasteiger partial charge in [0, 0.05) is 12.6 Å². The Bertz CT molecular complexity index is 488. The molecule has 0 aliphatic carbocycles. The van der Waals surface area contributed by atoms with E-state index in [1.165, 1.54) is 0 Å². The van der Waals surface area contributed by atoms with Crippen molar-refractivity contribution in [2.24, 2.45) is 0 Å². The maximum absolute atomic E-state index is 5.93. The maximum atomic E-state index is 5.93. The molecule has 0 aliphatic heterocycles. The Labute approximate surface area is 106 Å². The summed E-state index contributed by atoms with van der Waals surface area (Å²) in [7, 11) is 1.90. The van der Waals surface area contributed by atoms with Crippen LogP contribution in [0.15, 0.2) is 53.5 Å². The number of thiophene rings is 1. The van der Waals surface area contributed by atoms with Gasteiger partial charge in [0.05, 0.1) is 5.70 Å². The molecule has 0 aliphatic rings. The minimum absolute atomic E-state index is 0.871. The number of rotatable bonds is 4. The Morgan fingerprint density at radius 2 is 1.88 bits per heavy atom. The van der Waals surface area contributed by atoms with Crippen LogP contribution in [0.2, 0.25) is 0 Å². The van der Waals surface area contributed by atoms with Crippen molar-refractivity contribution < 1.29 is 4.74 Å². The number of nitrogens with one attached hydrogen (secondary N) is 1. The molecule has 2 rings (SSSR count). The van der Waals surface area contributed by atoms with Gasteiger partial charge >= 0.3 is 0 Å². The lowest BCUT2D eigenvalue weighted by Gasteiger charge is -2.12. The molecule has 1 aromatic heterocycles. The summed E-state index contributed by atoms with van der Waals surface area (Å²) in [6.07, 6.45) is 0. The summed E-state index contributed by atoms with van der Waals surface area (Å²) in [5.74, 6) is 0.871. The van der Waals surface area contributed by atoms with E-state index in [0.717, 1.165) is 22.1 Å². The minimum atomic E-state index is 0.871. The Balaban J connectivity index is 2.34. The molecular formula is C14H15NOS. The molecule has 0 saturated carbocycles. The first-order valence-corrected chi connectivity index (χ1v) is 6.34. The molecule has 0 fully saturated rings. The van der Waals surface area contributed by atoms with Crippen LogP contribution in [0.25, 0.3) is 5.76 Å². The number of hydrogen-bond acceptors (Lipinski definition) is 3. The van der Waals surface area contributed by atoms with Crippen molar-refractivity contribution >= 4 is 17.1 Å². The number of ether oxygens (including phenoxy) is 1. The van der Waals surface area contributed by atoms with Crippen LogP contribution in [0.1, 0.15) is 12.5 Å². The lowest BCUT2D eigenvalue weighted by Crippen LogP contribution is -2.08. The van der Waals surface area contributed by atoms with Gasteiger partial charge in [-0.1, -0.05) is 30.3 Å². The highest BCUT2D eigenvalue weighted by Crippen LogP contribution is 2.26. The lowest BCUT2D eigenvalue weighted by molar-refractivity contribution is 0.521. The van der Waals surface area contributed by atoms with E-state index in [4.69, 9.17) is 4.74 Å². The Morgan fingerprint density at radius 1 is 1.12 bits per heavy atom. The number of allylic oxidation sites excluding steroid dienone is 1. The second-order valence-corrected chi connectivity index (χ2v) is 4.51. The second kappa shape index (κ2) is 5.55. The number of hydrogen-bond donors (Lipinski definition) is 1. The predicted molar refractivity (Wildman–Crippen MR) is 73.0 cm³/mol. The van der Waals surface area contributed by atoms with E-state index in [0.29, 0.717) is 0 Å². The van der Waals surface area contributed by atoms with Gasteiger partial charge in [-0.15, -0.1) is 11.3 Å². The molecule has 3 heteroatoms. The van der Waals surface area contributed by atoms with E-state index < -0.39 is 0 Å². The quantitative estimate of drug-likeness (QED) is 0.829. The van der Waals surface area contributed by atoms with E-state index in [2.05, 4.69) is 5.32 Å². The van der Waals surface area contributed by atoms with Crippen LogP contribution in [-0.4, -0.2) is 7.05 Å². The fraction of sp³-hybridized carbons (Fsp3) is 0.143. The Morgan fingerprint density at radius 3 is 2.47 bits per heavy atom. The van der Waals surface area contributed by atoms with Crippen molar-refractivity contribution in [2.45, 2.75) is 6.92 Å². The Hall–Kier alpha value is -1.74. The van der Waals surface area contributed by atoms with Crippen molar-refractivity contribution in [1.82, 2.24) is 5.32 Å². The van der Waals surface area contributed by atoms with Crippen molar-refractivity contribution in [3.8, 4) is 5.06 Å². The van der Waals surface area contributed by atoms with Gasteiger partial charge in [0.2, 0.25) is 0 Å². The van der Waals surface area contributed by atoms with E-state index in [1.54, 1.807) is 11.3 Å². The zero-order valence-corrected chi connectivity index (χ0v) is 10.8. The van der Waals surface area contributed by atoms with Gasteiger partial charge in [0.1, 0.15) is 0 Å². The van der Waals surface area contributed by atoms with Crippen LogP contribution < -0.4 is 10.1 Å².